The summed E-state index contributed by atoms with van der Waals surface area (Å²) < 4.78 is 0. The summed E-state index contributed by atoms with van der Waals surface area (Å²) in [6, 6.07) is 6.85. The van der Waals surface area contributed by atoms with Gasteiger partial charge in [-0.05, 0) is 50.8 Å². The molecular formula is C16H27ClN2. The van der Waals surface area contributed by atoms with E-state index in [1.165, 1.54) is 11.3 Å². The van der Waals surface area contributed by atoms with Gasteiger partial charge in [0.15, 0.2) is 0 Å². The number of hydrogen-bond acceptors (Lipinski definition) is 2. The molecule has 0 radical (unpaired) electrons. The maximum absolute atomic E-state index is 6.18. The second-order valence-corrected chi connectivity index (χ2v) is 5.87. The van der Waals surface area contributed by atoms with Gasteiger partial charge in [-0.3, -0.25) is 0 Å². The van der Waals surface area contributed by atoms with Crippen molar-refractivity contribution in [3.63, 3.8) is 0 Å². The SMILES string of the molecule is CCCN(c1cc(Cl)ccc1CC(N)CC)C(C)C. The largest absolute Gasteiger partial charge is 0.369 e. The third kappa shape index (κ3) is 4.70. The van der Waals surface area contributed by atoms with Crippen molar-refractivity contribution in [3.05, 3.63) is 28.8 Å². The van der Waals surface area contributed by atoms with E-state index in [4.69, 9.17) is 17.3 Å². The van der Waals surface area contributed by atoms with Crippen molar-refractivity contribution in [2.75, 3.05) is 11.4 Å². The van der Waals surface area contributed by atoms with E-state index in [0.29, 0.717) is 6.04 Å². The van der Waals surface area contributed by atoms with Gasteiger partial charge >= 0.3 is 0 Å². The highest BCUT2D eigenvalue weighted by Crippen LogP contribution is 2.28. The van der Waals surface area contributed by atoms with E-state index in [1.807, 2.05) is 6.07 Å². The van der Waals surface area contributed by atoms with Crippen LogP contribution in [-0.4, -0.2) is 18.6 Å². The first-order valence-electron chi connectivity index (χ1n) is 7.30. The fourth-order valence-electron chi connectivity index (χ4n) is 2.30. The van der Waals surface area contributed by atoms with Crippen LogP contribution >= 0.6 is 11.6 Å². The molecule has 0 aliphatic carbocycles. The fraction of sp³-hybridized carbons (Fsp3) is 0.625. The second kappa shape index (κ2) is 7.76. The molecule has 1 aromatic carbocycles. The predicted molar refractivity (Wildman–Crippen MR) is 86.2 cm³/mol. The average molecular weight is 283 g/mol. The van der Waals surface area contributed by atoms with Crippen LogP contribution in [0.15, 0.2) is 18.2 Å². The van der Waals surface area contributed by atoms with Gasteiger partial charge in [0.2, 0.25) is 0 Å². The monoisotopic (exact) mass is 282 g/mol. The minimum atomic E-state index is 0.218. The van der Waals surface area contributed by atoms with Crippen LogP contribution in [0, 0.1) is 0 Å². The first-order valence-corrected chi connectivity index (χ1v) is 7.68. The van der Waals surface area contributed by atoms with Crippen molar-refractivity contribution < 1.29 is 0 Å². The van der Waals surface area contributed by atoms with Crippen molar-refractivity contribution in [1.29, 1.82) is 0 Å². The van der Waals surface area contributed by atoms with Crippen LogP contribution in [0.1, 0.15) is 46.1 Å². The maximum atomic E-state index is 6.18. The minimum absolute atomic E-state index is 0.218. The molecule has 1 unspecified atom stereocenters. The van der Waals surface area contributed by atoms with Gasteiger partial charge in [-0.15, -0.1) is 0 Å². The number of anilines is 1. The molecule has 0 saturated heterocycles. The van der Waals surface area contributed by atoms with Crippen molar-refractivity contribution in [2.45, 2.75) is 59.0 Å². The van der Waals surface area contributed by atoms with E-state index in [9.17, 15) is 0 Å². The highest BCUT2D eigenvalue weighted by molar-refractivity contribution is 6.30. The summed E-state index contributed by atoms with van der Waals surface area (Å²) in [4.78, 5) is 2.42. The van der Waals surface area contributed by atoms with Crippen molar-refractivity contribution in [2.24, 2.45) is 5.73 Å². The average Bonchev–Trinajstić information content (AvgIpc) is 2.37. The Morgan fingerprint density at radius 1 is 1.26 bits per heavy atom. The molecule has 0 heterocycles. The Hall–Kier alpha value is -0.730. The summed E-state index contributed by atoms with van der Waals surface area (Å²) in [5, 5.41) is 0.797. The number of rotatable bonds is 7. The van der Waals surface area contributed by atoms with Gasteiger partial charge in [-0.25, -0.2) is 0 Å². The Labute approximate surface area is 122 Å². The van der Waals surface area contributed by atoms with E-state index in [1.54, 1.807) is 0 Å². The van der Waals surface area contributed by atoms with Gasteiger partial charge in [0.05, 0.1) is 0 Å². The normalized spacial score (nSPS) is 12.8. The van der Waals surface area contributed by atoms with Crippen LogP contribution in [0.2, 0.25) is 5.02 Å². The van der Waals surface area contributed by atoms with Gasteiger partial charge < -0.3 is 10.6 Å². The zero-order valence-electron chi connectivity index (χ0n) is 12.6. The Balaban J connectivity index is 3.10. The summed E-state index contributed by atoms with van der Waals surface area (Å²) >= 11 is 6.18. The number of nitrogens with two attached hydrogens (primary N) is 1. The first-order chi connectivity index (χ1) is 8.99. The van der Waals surface area contributed by atoms with Crippen LogP contribution in [0.3, 0.4) is 0 Å². The summed E-state index contributed by atoms with van der Waals surface area (Å²) in [7, 11) is 0. The lowest BCUT2D eigenvalue weighted by molar-refractivity contribution is 0.633. The molecule has 0 aliphatic heterocycles. The van der Waals surface area contributed by atoms with Gasteiger partial charge in [0.25, 0.3) is 0 Å². The lowest BCUT2D eigenvalue weighted by Gasteiger charge is -2.31. The van der Waals surface area contributed by atoms with Crippen molar-refractivity contribution in [1.82, 2.24) is 0 Å². The van der Waals surface area contributed by atoms with Gasteiger partial charge in [-0.2, -0.15) is 0 Å². The molecule has 0 saturated carbocycles. The molecule has 0 spiro atoms. The molecule has 1 rings (SSSR count). The summed E-state index contributed by atoms with van der Waals surface area (Å²) in [5.74, 6) is 0. The molecule has 2 N–H and O–H groups in total. The van der Waals surface area contributed by atoms with Crippen molar-refractivity contribution in [3.8, 4) is 0 Å². The molecule has 0 aromatic heterocycles. The third-order valence-corrected chi connectivity index (χ3v) is 3.69. The van der Waals surface area contributed by atoms with E-state index in [-0.39, 0.29) is 6.04 Å². The minimum Gasteiger partial charge on any atom is -0.369 e. The van der Waals surface area contributed by atoms with Crippen molar-refractivity contribution >= 4 is 17.3 Å². The maximum Gasteiger partial charge on any atom is 0.0426 e. The van der Waals surface area contributed by atoms with E-state index in [0.717, 1.165) is 30.8 Å². The van der Waals surface area contributed by atoms with E-state index < -0.39 is 0 Å². The zero-order chi connectivity index (χ0) is 14.4. The molecule has 108 valence electrons. The van der Waals surface area contributed by atoms with E-state index >= 15 is 0 Å². The summed E-state index contributed by atoms with van der Waals surface area (Å²) in [5.41, 5.74) is 8.66. The number of halogens is 1. The highest BCUT2D eigenvalue weighted by atomic mass is 35.5. The quantitative estimate of drug-likeness (QED) is 0.810. The molecular weight excluding hydrogens is 256 g/mol. The lowest BCUT2D eigenvalue weighted by atomic mass is 10.0. The molecule has 0 bridgehead atoms. The molecule has 3 heteroatoms. The molecule has 19 heavy (non-hydrogen) atoms. The summed E-state index contributed by atoms with van der Waals surface area (Å²) in [6.07, 6.45) is 3.04. The molecule has 0 amide bonds. The van der Waals surface area contributed by atoms with Crippen LogP contribution in [-0.2, 0) is 6.42 Å². The predicted octanol–water partition coefficient (Wildman–Crippen LogP) is 4.24. The number of nitrogens with zero attached hydrogens (tertiary/aromatic N) is 1. The van der Waals surface area contributed by atoms with Gasteiger partial charge in [0.1, 0.15) is 0 Å². The number of hydrogen-bond donors (Lipinski definition) is 1. The molecule has 0 fully saturated rings. The van der Waals surface area contributed by atoms with Crippen LogP contribution < -0.4 is 10.6 Å². The zero-order valence-corrected chi connectivity index (χ0v) is 13.4. The standard InChI is InChI=1S/C16H27ClN2/c1-5-9-19(12(3)4)16-11-14(17)8-7-13(16)10-15(18)6-2/h7-8,11-12,15H,5-6,9-10,18H2,1-4H3. The Bertz CT molecular complexity index is 390. The van der Waals surface area contributed by atoms with Crippen LogP contribution in [0.4, 0.5) is 5.69 Å². The van der Waals surface area contributed by atoms with Crippen LogP contribution in [0.5, 0.6) is 0 Å². The Morgan fingerprint density at radius 3 is 2.47 bits per heavy atom. The summed E-state index contributed by atoms with van der Waals surface area (Å²) in [6.45, 7) is 9.83. The van der Waals surface area contributed by atoms with Gasteiger partial charge in [0, 0.05) is 29.3 Å². The topological polar surface area (TPSA) is 29.3 Å². The molecule has 0 aliphatic rings. The van der Waals surface area contributed by atoms with Crippen LogP contribution in [0.25, 0.3) is 0 Å². The first kappa shape index (κ1) is 16.3. The van der Waals surface area contributed by atoms with Gasteiger partial charge in [-0.1, -0.05) is 31.5 Å². The fourth-order valence-corrected chi connectivity index (χ4v) is 2.47. The Kier molecular flexibility index (Phi) is 6.67. The molecule has 1 atom stereocenters. The third-order valence-electron chi connectivity index (χ3n) is 3.45. The molecule has 2 nitrogen and oxygen atoms in total. The lowest BCUT2D eigenvalue weighted by Crippen LogP contribution is -2.33. The Morgan fingerprint density at radius 2 is 1.95 bits per heavy atom. The highest BCUT2D eigenvalue weighted by Gasteiger charge is 2.15. The van der Waals surface area contributed by atoms with E-state index in [2.05, 4.69) is 44.7 Å². The smallest absolute Gasteiger partial charge is 0.0426 e. The second-order valence-electron chi connectivity index (χ2n) is 5.43. The number of benzene rings is 1. The molecule has 1 aromatic rings.